The number of carbonyl (C=O) groups excluding carboxylic acids is 1. The number of aromatic nitrogens is 7. The van der Waals surface area contributed by atoms with Crippen molar-refractivity contribution in [1.82, 2.24) is 40.1 Å². The smallest absolute Gasteiger partial charge is 0.247 e. The topological polar surface area (TPSA) is 105 Å². The first kappa shape index (κ1) is 22.5. The van der Waals surface area contributed by atoms with Gasteiger partial charge < -0.3 is 9.88 Å². The Morgan fingerprint density at radius 1 is 1.14 bits per heavy atom. The fraction of sp³-hybridized carbons (Fsp3) is 0.250. The molecule has 0 radical (unpaired) electrons. The Bertz CT molecular complexity index is 1520. The Morgan fingerprint density at radius 3 is 2.81 bits per heavy atom. The summed E-state index contributed by atoms with van der Waals surface area (Å²) in [5, 5.41) is 11.1. The molecule has 5 heterocycles. The fourth-order valence-corrected chi connectivity index (χ4v) is 5.26. The maximum Gasteiger partial charge on any atom is 0.247 e. The molecule has 2 atom stereocenters. The van der Waals surface area contributed by atoms with Crippen molar-refractivity contribution in [3.63, 3.8) is 0 Å². The lowest BCUT2D eigenvalue weighted by molar-refractivity contribution is -0.129. The van der Waals surface area contributed by atoms with E-state index >= 15 is 4.39 Å². The molecule has 0 unspecified atom stereocenters. The highest BCUT2D eigenvalue weighted by Gasteiger charge is 2.42. The molecular weight excluding hydrogens is 490 g/mol. The molecule has 182 valence electrons. The van der Waals surface area contributed by atoms with Crippen LogP contribution in [0.15, 0.2) is 43.0 Å². The minimum absolute atomic E-state index is 0.0522. The number of rotatable bonds is 4. The molecule has 0 aliphatic carbocycles. The number of nitrogens with one attached hydrogen (secondary N) is 1. The Kier molecular flexibility index (Phi) is 5.36. The third-order valence-corrected chi connectivity index (χ3v) is 7.06. The molecule has 1 N–H and O–H groups in total. The van der Waals surface area contributed by atoms with Gasteiger partial charge in [-0.1, -0.05) is 11.6 Å². The monoisotopic (exact) mass is 508 g/mol. The van der Waals surface area contributed by atoms with E-state index < -0.39 is 11.6 Å². The summed E-state index contributed by atoms with van der Waals surface area (Å²) in [6, 6.07) is 4.18. The Morgan fingerprint density at radius 2 is 2.00 bits per heavy atom. The highest BCUT2D eigenvalue weighted by Crippen LogP contribution is 2.44. The molecule has 6 rings (SSSR count). The van der Waals surface area contributed by atoms with Gasteiger partial charge in [-0.05, 0) is 60.4 Å². The number of carbonyl (C=O) groups is 1. The van der Waals surface area contributed by atoms with Crippen molar-refractivity contribution in [2.75, 3.05) is 0 Å². The van der Waals surface area contributed by atoms with Crippen LogP contribution in [0.25, 0.3) is 22.5 Å². The number of hydrogen-bond donors (Lipinski definition) is 1. The Hall–Kier alpha value is -3.99. The maximum absolute atomic E-state index is 15.2. The summed E-state index contributed by atoms with van der Waals surface area (Å²) in [6.07, 6.45) is 7.70. The van der Waals surface area contributed by atoms with E-state index in [0.29, 0.717) is 53.3 Å². The number of hydrogen-bond acceptors (Lipinski definition) is 6. The normalized spacial score (nSPS) is 19.5. The first-order valence-electron chi connectivity index (χ1n) is 11.3. The summed E-state index contributed by atoms with van der Waals surface area (Å²) in [5.74, 6) is -0.720. The van der Waals surface area contributed by atoms with Crippen molar-refractivity contribution in [2.24, 2.45) is 0 Å². The molecule has 0 saturated carbocycles. The van der Waals surface area contributed by atoms with Crippen LogP contribution in [0.1, 0.15) is 42.4 Å². The molecule has 1 amide bonds. The number of fused-ring (bicyclic) bond motifs is 1. The lowest BCUT2D eigenvalue weighted by atomic mass is 9.92. The van der Waals surface area contributed by atoms with Crippen LogP contribution in [0.3, 0.4) is 0 Å². The van der Waals surface area contributed by atoms with E-state index in [2.05, 4.69) is 30.5 Å². The van der Waals surface area contributed by atoms with Crippen LogP contribution in [-0.2, 0) is 4.79 Å². The molecule has 36 heavy (non-hydrogen) atoms. The zero-order valence-corrected chi connectivity index (χ0v) is 19.7. The minimum atomic E-state index is -0.628. The van der Waals surface area contributed by atoms with Crippen molar-refractivity contribution >= 4 is 23.1 Å². The van der Waals surface area contributed by atoms with Crippen molar-refractivity contribution in [3.8, 4) is 16.9 Å². The van der Waals surface area contributed by atoms with Gasteiger partial charge in [0.25, 0.3) is 0 Å². The molecule has 1 fully saturated rings. The number of aromatic amines is 1. The first-order valence-corrected chi connectivity index (χ1v) is 11.7. The van der Waals surface area contributed by atoms with Crippen molar-refractivity contribution in [1.29, 1.82) is 0 Å². The SMILES string of the molecule is Cc1nccc(-c2cnc([C@@H]3CC[C@@H]4CC(c5c(-n6cnnn6)ccc(Cl)c5F)=CC(=O)N43)[nH]2)c1F. The predicted molar refractivity (Wildman–Crippen MR) is 126 cm³/mol. The minimum Gasteiger partial charge on any atom is -0.340 e. The maximum atomic E-state index is 15.2. The molecule has 2 aliphatic heterocycles. The van der Waals surface area contributed by atoms with Crippen LogP contribution in [0, 0.1) is 18.6 Å². The summed E-state index contributed by atoms with van der Waals surface area (Å²) >= 11 is 6.09. The molecule has 12 heteroatoms. The molecule has 3 aromatic heterocycles. The van der Waals surface area contributed by atoms with Gasteiger partial charge >= 0.3 is 0 Å². The average molecular weight is 509 g/mol. The molecule has 1 saturated heterocycles. The number of imidazole rings is 1. The second kappa shape index (κ2) is 8.59. The van der Waals surface area contributed by atoms with Crippen molar-refractivity contribution in [3.05, 3.63) is 76.7 Å². The van der Waals surface area contributed by atoms with Gasteiger partial charge in [0.1, 0.15) is 12.2 Å². The van der Waals surface area contributed by atoms with Gasteiger partial charge in [-0.25, -0.2) is 13.8 Å². The number of pyridine rings is 1. The number of aryl methyl sites for hydroxylation is 1. The summed E-state index contributed by atoms with van der Waals surface area (Å²) in [7, 11) is 0. The predicted octanol–water partition coefficient (Wildman–Crippen LogP) is 4.21. The van der Waals surface area contributed by atoms with E-state index in [1.165, 1.54) is 23.2 Å². The van der Waals surface area contributed by atoms with Gasteiger partial charge in [-0.3, -0.25) is 9.78 Å². The van der Waals surface area contributed by atoms with Gasteiger partial charge in [0.15, 0.2) is 11.6 Å². The van der Waals surface area contributed by atoms with Gasteiger partial charge in [0.2, 0.25) is 5.91 Å². The Balaban J connectivity index is 1.34. The lowest BCUT2D eigenvalue weighted by Gasteiger charge is -2.33. The number of H-pyrrole nitrogens is 1. The van der Waals surface area contributed by atoms with Crippen molar-refractivity contribution < 1.29 is 13.6 Å². The van der Waals surface area contributed by atoms with E-state index in [1.54, 1.807) is 36.4 Å². The van der Waals surface area contributed by atoms with Crippen LogP contribution in [-0.4, -0.2) is 52.0 Å². The van der Waals surface area contributed by atoms with Gasteiger partial charge in [0, 0.05) is 29.4 Å². The summed E-state index contributed by atoms with van der Waals surface area (Å²) < 4.78 is 31.2. The third-order valence-electron chi connectivity index (χ3n) is 6.76. The third kappa shape index (κ3) is 3.58. The second-order valence-electron chi connectivity index (χ2n) is 8.82. The van der Waals surface area contributed by atoms with Gasteiger partial charge in [0.05, 0.1) is 34.3 Å². The zero-order chi connectivity index (χ0) is 25.0. The number of amides is 1. The fourth-order valence-electron chi connectivity index (χ4n) is 5.10. The van der Waals surface area contributed by atoms with Gasteiger partial charge in [-0.2, -0.15) is 4.68 Å². The molecule has 1 aromatic carbocycles. The van der Waals surface area contributed by atoms with Crippen molar-refractivity contribution in [2.45, 2.75) is 38.3 Å². The Labute approximate surface area is 208 Å². The van der Waals surface area contributed by atoms with Crippen LogP contribution in [0.5, 0.6) is 0 Å². The van der Waals surface area contributed by atoms with E-state index in [4.69, 9.17) is 11.6 Å². The van der Waals surface area contributed by atoms with E-state index in [1.807, 2.05) is 0 Å². The second-order valence-corrected chi connectivity index (χ2v) is 9.22. The highest BCUT2D eigenvalue weighted by molar-refractivity contribution is 6.31. The summed E-state index contributed by atoms with van der Waals surface area (Å²) in [5.41, 5.74) is 2.31. The van der Waals surface area contributed by atoms with E-state index in [9.17, 15) is 9.18 Å². The summed E-state index contributed by atoms with van der Waals surface area (Å²) in [4.78, 5) is 26.7. The molecule has 4 aromatic rings. The van der Waals surface area contributed by atoms with Crippen LogP contribution in [0.4, 0.5) is 8.78 Å². The number of halogens is 3. The average Bonchev–Trinajstić information content (AvgIpc) is 3.63. The van der Waals surface area contributed by atoms with Crippen LogP contribution >= 0.6 is 11.6 Å². The molecular formula is C24H19ClF2N8O. The van der Waals surface area contributed by atoms with Gasteiger partial charge in [-0.15, -0.1) is 5.10 Å². The van der Waals surface area contributed by atoms with E-state index in [-0.39, 0.29) is 28.6 Å². The van der Waals surface area contributed by atoms with Crippen LogP contribution < -0.4 is 0 Å². The number of nitrogens with zero attached hydrogens (tertiary/aromatic N) is 7. The molecule has 9 nitrogen and oxygen atoms in total. The highest BCUT2D eigenvalue weighted by atomic mass is 35.5. The van der Waals surface area contributed by atoms with Crippen LogP contribution in [0.2, 0.25) is 5.02 Å². The molecule has 0 bridgehead atoms. The van der Waals surface area contributed by atoms with E-state index in [0.717, 1.165) is 0 Å². The first-order chi connectivity index (χ1) is 17.4. The number of tetrazole rings is 1. The largest absolute Gasteiger partial charge is 0.340 e. The molecule has 2 aliphatic rings. The quantitative estimate of drug-likeness (QED) is 0.443. The number of benzene rings is 1. The molecule has 0 spiro atoms. The standard InChI is InChI=1S/C24H19ClF2N8O/c1-12-22(26)15(6-7-28-12)17-10-29-24(31-17)19-4-2-14-8-13(9-20(36)35(14)19)21-18(34-11-30-32-33-34)5-3-16(25)23(21)27/h3,5-7,9-11,14,19H,2,4,8H2,1H3,(H,29,31)/t14-,19+/m1/s1. The lowest BCUT2D eigenvalue weighted by Crippen LogP contribution is -2.39. The summed E-state index contributed by atoms with van der Waals surface area (Å²) in [6.45, 7) is 1.60. The zero-order valence-electron chi connectivity index (χ0n) is 19.0.